The van der Waals surface area contributed by atoms with E-state index in [4.69, 9.17) is 8.92 Å². The highest BCUT2D eigenvalue weighted by Crippen LogP contribution is 2.38. The number of benzene rings is 3. The lowest BCUT2D eigenvalue weighted by Crippen LogP contribution is -2.17. The van der Waals surface area contributed by atoms with Gasteiger partial charge in [-0.25, -0.2) is 5.43 Å². The molecule has 0 radical (unpaired) electrons. The van der Waals surface area contributed by atoms with Crippen LogP contribution in [-0.4, -0.2) is 32.6 Å². The van der Waals surface area contributed by atoms with Crippen LogP contribution < -0.4 is 14.3 Å². The second-order valence-electron chi connectivity index (χ2n) is 6.53. The van der Waals surface area contributed by atoms with Crippen molar-refractivity contribution in [3.8, 4) is 11.5 Å². The van der Waals surface area contributed by atoms with E-state index in [-0.39, 0.29) is 26.6 Å². The fraction of sp³-hybridized carbons (Fsp3) is 0.0476. The van der Waals surface area contributed by atoms with E-state index in [2.05, 4.69) is 49.0 Å². The van der Waals surface area contributed by atoms with Crippen LogP contribution >= 0.6 is 38.5 Å². The Balaban J connectivity index is 1.79. The number of nitro benzene ring substituents is 1. The van der Waals surface area contributed by atoms with Crippen LogP contribution in [0.5, 0.6) is 11.5 Å². The van der Waals surface area contributed by atoms with Gasteiger partial charge in [0.1, 0.15) is 4.90 Å². The van der Waals surface area contributed by atoms with Gasteiger partial charge in [-0.05, 0) is 86.5 Å². The molecule has 13 heteroatoms. The molecule has 0 saturated carbocycles. The molecule has 0 unspecified atom stereocenters. The zero-order chi connectivity index (χ0) is 24.9. The number of nitrogens with one attached hydrogen (secondary N) is 1. The predicted molar refractivity (Wildman–Crippen MR) is 136 cm³/mol. The first-order chi connectivity index (χ1) is 16.1. The molecular formula is C21H15BrIN3O7S. The van der Waals surface area contributed by atoms with Gasteiger partial charge in [0, 0.05) is 21.3 Å². The maximum absolute atomic E-state index is 12.7. The zero-order valence-corrected chi connectivity index (χ0v) is 21.8. The highest BCUT2D eigenvalue weighted by molar-refractivity contribution is 14.1. The third kappa shape index (κ3) is 6.30. The molecule has 3 rings (SSSR count). The highest BCUT2D eigenvalue weighted by atomic mass is 127. The number of methoxy groups -OCH3 is 1. The first kappa shape index (κ1) is 25.6. The third-order valence-electron chi connectivity index (χ3n) is 4.25. The quantitative estimate of drug-likeness (QED) is 0.124. The summed E-state index contributed by atoms with van der Waals surface area (Å²) in [4.78, 5) is 22.1. The van der Waals surface area contributed by atoms with Crippen molar-refractivity contribution in [2.45, 2.75) is 4.90 Å². The Morgan fingerprint density at radius 2 is 1.88 bits per heavy atom. The minimum Gasteiger partial charge on any atom is -0.493 e. The third-order valence-corrected chi connectivity index (χ3v) is 6.74. The molecule has 0 fully saturated rings. The lowest BCUT2D eigenvalue weighted by molar-refractivity contribution is -0.384. The standard InChI is InChI=1S/C21H15BrIN3O7S/c1-32-19-10-13(12-24-25-21(27)14-3-2-4-15(23)11-14)9-18(22)20(19)33-34(30,31)17-7-5-16(6-8-17)26(28)29/h2-12H,1H3,(H,25,27). The van der Waals surface area contributed by atoms with E-state index in [1.807, 2.05) is 6.07 Å². The number of carbonyl (C=O) groups excluding carboxylic acids is 1. The normalized spacial score (nSPS) is 11.3. The number of carbonyl (C=O) groups is 1. The molecule has 176 valence electrons. The smallest absolute Gasteiger partial charge is 0.339 e. The van der Waals surface area contributed by atoms with E-state index in [1.54, 1.807) is 18.2 Å². The van der Waals surface area contributed by atoms with Gasteiger partial charge >= 0.3 is 10.1 Å². The van der Waals surface area contributed by atoms with Crippen LogP contribution in [0.15, 0.2) is 75.1 Å². The van der Waals surface area contributed by atoms with Gasteiger partial charge in [0.2, 0.25) is 0 Å². The van der Waals surface area contributed by atoms with E-state index in [0.717, 1.165) is 27.8 Å². The zero-order valence-electron chi connectivity index (χ0n) is 17.3. The minimum absolute atomic E-state index is 0.0743. The summed E-state index contributed by atoms with van der Waals surface area (Å²) in [5, 5.41) is 14.7. The van der Waals surface area contributed by atoms with Crippen LogP contribution in [-0.2, 0) is 10.1 Å². The second kappa shape index (κ2) is 10.9. The molecule has 0 aliphatic carbocycles. The first-order valence-electron chi connectivity index (χ1n) is 9.26. The van der Waals surface area contributed by atoms with Crippen LogP contribution in [0.4, 0.5) is 5.69 Å². The summed E-state index contributed by atoms with van der Waals surface area (Å²) in [5.41, 5.74) is 3.09. The maximum Gasteiger partial charge on any atom is 0.339 e. The average molecular weight is 660 g/mol. The number of nitro groups is 1. The maximum atomic E-state index is 12.7. The molecule has 1 N–H and O–H groups in total. The van der Waals surface area contributed by atoms with Crippen molar-refractivity contribution in [1.29, 1.82) is 0 Å². The fourth-order valence-electron chi connectivity index (χ4n) is 2.65. The Labute approximate surface area is 216 Å². The van der Waals surface area contributed by atoms with Gasteiger partial charge in [-0.3, -0.25) is 14.9 Å². The van der Waals surface area contributed by atoms with Crippen LogP contribution in [0.25, 0.3) is 0 Å². The number of ether oxygens (including phenoxy) is 1. The molecule has 0 aromatic heterocycles. The van der Waals surface area contributed by atoms with Crippen molar-refractivity contribution in [3.05, 3.63) is 89.9 Å². The van der Waals surface area contributed by atoms with Crippen molar-refractivity contribution in [1.82, 2.24) is 5.43 Å². The van der Waals surface area contributed by atoms with Gasteiger partial charge in [-0.15, -0.1) is 0 Å². The number of hydrogen-bond acceptors (Lipinski definition) is 8. The number of rotatable bonds is 8. The molecular weight excluding hydrogens is 645 g/mol. The molecule has 0 aliphatic rings. The van der Waals surface area contributed by atoms with Gasteiger partial charge in [0.15, 0.2) is 11.5 Å². The van der Waals surface area contributed by atoms with Crippen LogP contribution in [0.3, 0.4) is 0 Å². The number of halogens is 2. The van der Waals surface area contributed by atoms with Crippen LogP contribution in [0.2, 0.25) is 0 Å². The van der Waals surface area contributed by atoms with E-state index in [1.165, 1.54) is 25.5 Å². The lowest BCUT2D eigenvalue weighted by Gasteiger charge is -2.13. The Morgan fingerprint density at radius 3 is 2.50 bits per heavy atom. The summed E-state index contributed by atoms with van der Waals surface area (Å²) in [5.74, 6) is -0.443. The van der Waals surface area contributed by atoms with Crippen molar-refractivity contribution in [2.75, 3.05) is 7.11 Å². The Bertz CT molecular complexity index is 1380. The molecule has 0 aliphatic heterocycles. The number of nitrogens with zero attached hydrogens (tertiary/aromatic N) is 2. The molecule has 10 nitrogen and oxygen atoms in total. The predicted octanol–water partition coefficient (Wildman–Crippen LogP) is 4.50. The number of amides is 1. The van der Waals surface area contributed by atoms with E-state index in [0.29, 0.717) is 11.1 Å². The summed E-state index contributed by atoms with van der Waals surface area (Å²) in [6.07, 6.45) is 1.35. The Hall–Kier alpha value is -3.04. The molecule has 0 bridgehead atoms. The molecule has 34 heavy (non-hydrogen) atoms. The summed E-state index contributed by atoms with van der Waals surface area (Å²) >= 11 is 5.35. The summed E-state index contributed by atoms with van der Waals surface area (Å²) in [7, 11) is -2.98. The largest absolute Gasteiger partial charge is 0.493 e. The SMILES string of the molecule is COc1cc(C=NNC(=O)c2cccc(I)c2)cc(Br)c1OS(=O)(=O)c1ccc([N+](=O)[O-])cc1. The molecule has 0 heterocycles. The molecule has 1 amide bonds. The number of hydrazone groups is 1. The molecule has 0 atom stereocenters. The summed E-state index contributed by atoms with van der Waals surface area (Å²) in [6, 6.07) is 14.2. The van der Waals surface area contributed by atoms with E-state index >= 15 is 0 Å². The van der Waals surface area contributed by atoms with Crippen molar-refractivity contribution in [3.63, 3.8) is 0 Å². The van der Waals surface area contributed by atoms with E-state index in [9.17, 15) is 23.3 Å². The first-order valence-corrected chi connectivity index (χ1v) is 12.5. The molecule has 0 saturated heterocycles. The van der Waals surface area contributed by atoms with Gasteiger partial charge in [-0.2, -0.15) is 13.5 Å². The van der Waals surface area contributed by atoms with Crippen LogP contribution in [0, 0.1) is 13.7 Å². The number of non-ortho nitro benzene ring substituents is 1. The molecule has 3 aromatic carbocycles. The molecule has 0 spiro atoms. The minimum atomic E-state index is -4.31. The Kier molecular flexibility index (Phi) is 8.22. The fourth-order valence-corrected chi connectivity index (χ4v) is 4.80. The summed E-state index contributed by atoms with van der Waals surface area (Å²) < 4.78 is 36.9. The van der Waals surface area contributed by atoms with Gasteiger partial charge in [0.05, 0.1) is 22.7 Å². The van der Waals surface area contributed by atoms with Gasteiger partial charge in [0.25, 0.3) is 11.6 Å². The van der Waals surface area contributed by atoms with E-state index < -0.39 is 20.9 Å². The average Bonchev–Trinajstić information content (AvgIpc) is 2.80. The lowest BCUT2D eigenvalue weighted by atomic mass is 10.2. The Morgan fingerprint density at radius 1 is 1.18 bits per heavy atom. The number of hydrogen-bond donors (Lipinski definition) is 1. The van der Waals surface area contributed by atoms with Crippen molar-refractivity contribution >= 4 is 66.4 Å². The van der Waals surface area contributed by atoms with Crippen molar-refractivity contribution < 1.29 is 27.1 Å². The topological polar surface area (TPSA) is 137 Å². The van der Waals surface area contributed by atoms with Crippen molar-refractivity contribution in [2.24, 2.45) is 5.10 Å². The second-order valence-corrected chi connectivity index (χ2v) is 10.2. The molecule has 3 aromatic rings. The van der Waals surface area contributed by atoms with Gasteiger partial charge in [-0.1, -0.05) is 6.07 Å². The summed E-state index contributed by atoms with van der Waals surface area (Å²) in [6.45, 7) is 0. The van der Waals surface area contributed by atoms with Gasteiger partial charge < -0.3 is 8.92 Å². The van der Waals surface area contributed by atoms with Crippen LogP contribution in [0.1, 0.15) is 15.9 Å². The monoisotopic (exact) mass is 659 g/mol. The highest BCUT2D eigenvalue weighted by Gasteiger charge is 2.23.